The molecular weight excluding hydrogens is 389 g/mol. The first-order chi connectivity index (χ1) is 13.2. The normalized spacial score (nSPS) is 16.8. The zero-order valence-electron chi connectivity index (χ0n) is 15.0. The minimum atomic E-state index is -1.92. The summed E-state index contributed by atoms with van der Waals surface area (Å²) in [5.41, 5.74) is -0.168. The highest BCUT2D eigenvalue weighted by molar-refractivity contribution is 8.14. The molecule has 1 heterocycles. The summed E-state index contributed by atoms with van der Waals surface area (Å²) in [5, 5.41) is 43.6. The summed E-state index contributed by atoms with van der Waals surface area (Å²) in [6.07, 6.45) is -0.212. The fraction of sp³-hybridized carbons (Fsp3) is 0.375. The highest BCUT2D eigenvalue weighted by Gasteiger charge is 2.29. The van der Waals surface area contributed by atoms with Gasteiger partial charge in [0.05, 0.1) is 12.0 Å². The van der Waals surface area contributed by atoms with E-state index in [1.54, 1.807) is 0 Å². The maximum atomic E-state index is 12.2. The quantitative estimate of drug-likeness (QED) is 0.316. The molecule has 0 saturated heterocycles. The lowest BCUT2D eigenvalue weighted by molar-refractivity contribution is -0.121. The van der Waals surface area contributed by atoms with Crippen molar-refractivity contribution in [1.29, 1.82) is 0 Å². The summed E-state index contributed by atoms with van der Waals surface area (Å²) in [7, 11) is -1.92. The van der Waals surface area contributed by atoms with Crippen molar-refractivity contribution in [2.75, 3.05) is 5.75 Å². The fourth-order valence-electron chi connectivity index (χ4n) is 2.62. The minimum Gasteiger partial charge on any atom is -0.507 e. The van der Waals surface area contributed by atoms with Crippen LogP contribution < -0.4 is 10.6 Å². The van der Waals surface area contributed by atoms with Gasteiger partial charge in [-0.3, -0.25) is 14.6 Å². The molecule has 1 aromatic carbocycles. The van der Waals surface area contributed by atoms with Crippen LogP contribution in [0.1, 0.15) is 29.3 Å². The second kappa shape index (κ2) is 9.58. The van der Waals surface area contributed by atoms with Crippen LogP contribution in [-0.4, -0.2) is 68.1 Å². The predicted octanol–water partition coefficient (Wildman–Crippen LogP) is -0.873. The first-order valence-electron chi connectivity index (χ1n) is 8.35. The topological polar surface area (TPSA) is 169 Å². The number of nitrogens with one attached hydrogen (secondary N) is 2. The SMILES string of the molecule is CC(=O)NC1=NC(CC(=O)NC(Cc2cccc(C(=O)O)c2O)B(O)O)CS1. The van der Waals surface area contributed by atoms with Gasteiger partial charge in [0.15, 0.2) is 5.17 Å². The number of carboxylic acids is 1. The zero-order valence-corrected chi connectivity index (χ0v) is 15.8. The van der Waals surface area contributed by atoms with E-state index in [4.69, 9.17) is 5.11 Å². The Morgan fingerprint density at radius 2 is 2.07 bits per heavy atom. The van der Waals surface area contributed by atoms with Gasteiger partial charge in [0.25, 0.3) is 0 Å². The minimum absolute atomic E-state index is 0.0273. The Morgan fingerprint density at radius 1 is 1.36 bits per heavy atom. The molecule has 1 aliphatic heterocycles. The van der Waals surface area contributed by atoms with Gasteiger partial charge in [0.2, 0.25) is 11.8 Å². The lowest BCUT2D eigenvalue weighted by Gasteiger charge is -2.19. The lowest BCUT2D eigenvalue weighted by Crippen LogP contribution is -2.48. The molecule has 150 valence electrons. The van der Waals surface area contributed by atoms with Crippen molar-refractivity contribution in [2.45, 2.75) is 31.7 Å². The van der Waals surface area contributed by atoms with Gasteiger partial charge in [0, 0.05) is 19.1 Å². The number of thioether (sulfide) groups is 1. The number of rotatable bonds is 7. The molecule has 0 spiro atoms. The van der Waals surface area contributed by atoms with Gasteiger partial charge in [-0.1, -0.05) is 23.9 Å². The van der Waals surface area contributed by atoms with E-state index in [0.29, 0.717) is 10.9 Å². The van der Waals surface area contributed by atoms with E-state index in [9.17, 15) is 29.5 Å². The maximum absolute atomic E-state index is 12.2. The van der Waals surface area contributed by atoms with E-state index in [-0.39, 0.29) is 35.9 Å². The largest absolute Gasteiger partial charge is 0.507 e. The van der Waals surface area contributed by atoms with Gasteiger partial charge >= 0.3 is 13.1 Å². The number of hydrogen-bond acceptors (Lipinski definition) is 8. The summed E-state index contributed by atoms with van der Waals surface area (Å²) < 4.78 is 0. The molecule has 0 aromatic heterocycles. The second-order valence-electron chi connectivity index (χ2n) is 6.19. The number of aromatic carboxylic acids is 1. The molecule has 0 saturated carbocycles. The number of benzene rings is 1. The van der Waals surface area contributed by atoms with Crippen LogP contribution in [0.2, 0.25) is 0 Å². The highest BCUT2D eigenvalue weighted by Crippen LogP contribution is 2.24. The number of aliphatic imine (C=N–C) groups is 1. The molecule has 0 radical (unpaired) electrons. The van der Waals surface area contributed by atoms with Gasteiger partial charge in [-0.2, -0.15) is 0 Å². The smallest absolute Gasteiger partial charge is 0.475 e. The number of aromatic hydroxyl groups is 1. The molecule has 10 nitrogen and oxygen atoms in total. The Morgan fingerprint density at radius 3 is 2.68 bits per heavy atom. The van der Waals surface area contributed by atoms with Crippen molar-refractivity contribution in [3.63, 3.8) is 0 Å². The van der Waals surface area contributed by atoms with E-state index in [2.05, 4.69) is 15.6 Å². The molecule has 28 heavy (non-hydrogen) atoms. The summed E-state index contributed by atoms with van der Waals surface area (Å²) in [5.74, 6) is -3.23. The van der Waals surface area contributed by atoms with Gasteiger partial charge < -0.3 is 30.9 Å². The molecule has 6 N–H and O–H groups in total. The number of carbonyl (C=O) groups excluding carboxylic acids is 2. The molecule has 2 atom stereocenters. The van der Waals surface area contributed by atoms with Gasteiger partial charge in [-0.05, 0) is 18.1 Å². The van der Waals surface area contributed by atoms with Crippen LogP contribution in [0.25, 0.3) is 0 Å². The Balaban J connectivity index is 2.01. The fourth-order valence-corrected chi connectivity index (χ4v) is 3.60. The van der Waals surface area contributed by atoms with Crippen molar-refractivity contribution in [1.82, 2.24) is 10.6 Å². The molecule has 0 fully saturated rings. The average Bonchev–Trinajstić information content (AvgIpc) is 3.01. The molecular formula is C16H20BN3O7S. The third-order valence-corrected chi connectivity index (χ3v) is 4.94. The van der Waals surface area contributed by atoms with Crippen molar-refractivity contribution < 1.29 is 34.6 Å². The Labute approximate surface area is 165 Å². The average molecular weight is 409 g/mol. The molecule has 2 unspecified atom stereocenters. The third-order valence-electron chi connectivity index (χ3n) is 3.91. The Hall–Kier alpha value is -2.57. The predicted molar refractivity (Wildman–Crippen MR) is 103 cm³/mol. The van der Waals surface area contributed by atoms with Gasteiger partial charge in [0.1, 0.15) is 11.3 Å². The number of para-hydroxylation sites is 1. The molecule has 12 heteroatoms. The van der Waals surface area contributed by atoms with Crippen LogP contribution in [0.4, 0.5) is 0 Å². The molecule has 0 bridgehead atoms. The van der Waals surface area contributed by atoms with Crippen molar-refractivity contribution in [2.24, 2.45) is 4.99 Å². The van der Waals surface area contributed by atoms with Crippen molar-refractivity contribution in [3.8, 4) is 5.75 Å². The number of phenols is 1. The number of amides is 2. The number of carboxylic acid groups (broad SMARTS) is 1. The number of hydrogen-bond donors (Lipinski definition) is 6. The maximum Gasteiger partial charge on any atom is 0.475 e. The van der Waals surface area contributed by atoms with Crippen LogP contribution in [0, 0.1) is 0 Å². The highest BCUT2D eigenvalue weighted by atomic mass is 32.2. The van der Waals surface area contributed by atoms with Crippen LogP contribution >= 0.6 is 11.8 Å². The monoisotopic (exact) mass is 409 g/mol. The number of amidine groups is 1. The molecule has 2 amide bonds. The van der Waals surface area contributed by atoms with E-state index in [1.165, 1.54) is 36.9 Å². The van der Waals surface area contributed by atoms with Crippen LogP contribution in [-0.2, 0) is 16.0 Å². The van der Waals surface area contributed by atoms with Gasteiger partial charge in [-0.15, -0.1) is 0 Å². The van der Waals surface area contributed by atoms with Crippen LogP contribution in [0.5, 0.6) is 5.75 Å². The summed E-state index contributed by atoms with van der Waals surface area (Å²) in [6, 6.07) is 3.69. The Kier molecular flexibility index (Phi) is 7.43. The molecule has 2 rings (SSSR count). The first-order valence-corrected chi connectivity index (χ1v) is 9.33. The van der Waals surface area contributed by atoms with Crippen molar-refractivity contribution >= 4 is 41.8 Å². The standard InChI is InChI=1S/C16H20BN3O7S/c1-8(21)18-16-19-10(7-28-16)6-13(22)20-12(17(26)27)5-9-3-2-4-11(14(9)23)15(24)25/h2-4,10,12,23,26-27H,5-7H2,1H3,(H,20,22)(H,24,25)(H,18,19,21). The van der Waals surface area contributed by atoms with Crippen LogP contribution in [0.15, 0.2) is 23.2 Å². The van der Waals surface area contributed by atoms with Crippen LogP contribution in [0.3, 0.4) is 0 Å². The summed E-state index contributed by atoms with van der Waals surface area (Å²) >= 11 is 1.31. The van der Waals surface area contributed by atoms with E-state index >= 15 is 0 Å². The molecule has 1 aliphatic rings. The summed E-state index contributed by atoms with van der Waals surface area (Å²) in [6.45, 7) is 1.35. The lowest BCUT2D eigenvalue weighted by atomic mass is 9.75. The first kappa shape index (κ1) is 21.7. The number of nitrogens with zero attached hydrogens (tertiary/aromatic N) is 1. The molecule has 0 aliphatic carbocycles. The molecule has 1 aromatic rings. The zero-order chi connectivity index (χ0) is 20.8. The van der Waals surface area contributed by atoms with E-state index < -0.39 is 30.7 Å². The Bertz CT molecular complexity index is 802. The van der Waals surface area contributed by atoms with Gasteiger partial charge in [-0.25, -0.2) is 4.79 Å². The van der Waals surface area contributed by atoms with E-state index in [1.807, 2.05) is 0 Å². The third kappa shape index (κ3) is 5.97. The number of carbonyl (C=O) groups is 3. The summed E-state index contributed by atoms with van der Waals surface area (Å²) in [4.78, 5) is 38.6. The van der Waals surface area contributed by atoms with Crippen molar-refractivity contribution in [3.05, 3.63) is 29.3 Å². The second-order valence-corrected chi connectivity index (χ2v) is 7.20. The van der Waals surface area contributed by atoms with E-state index in [0.717, 1.165) is 0 Å².